The smallest absolute Gasteiger partial charge is 0.318 e. The van der Waals surface area contributed by atoms with Crippen molar-refractivity contribution < 1.29 is 18.3 Å². The molecule has 2 aliphatic heterocycles. The molecule has 0 radical (unpaired) electrons. The van der Waals surface area contributed by atoms with Gasteiger partial charge in [0.15, 0.2) is 11.5 Å². The number of nitriles is 1. The lowest BCUT2D eigenvalue weighted by atomic mass is 9.85. The average molecular weight is 589 g/mol. The molecule has 1 unspecified atom stereocenters. The SMILES string of the molecule is C=C(F)C(=O)N1CCNCC1(CC#N)c1nc(OC[C@@H]2C[C@@H](F)CN2C)nc2nc(-c3cncc4c3CCCC4)ccc12. The van der Waals surface area contributed by atoms with Crippen LogP contribution in [0.4, 0.5) is 8.78 Å². The molecule has 1 amide bonds. The molecule has 0 aromatic carbocycles. The van der Waals surface area contributed by atoms with Gasteiger partial charge < -0.3 is 15.0 Å². The number of likely N-dealkylation sites (tertiary alicyclic amines) is 1. The van der Waals surface area contributed by atoms with Crippen molar-refractivity contribution in [2.24, 2.45) is 0 Å². The number of aromatic nitrogens is 4. The van der Waals surface area contributed by atoms with Crippen molar-refractivity contribution in [3.63, 3.8) is 0 Å². The molecule has 3 aliphatic rings. The van der Waals surface area contributed by atoms with Gasteiger partial charge in [0.25, 0.3) is 5.91 Å². The molecule has 43 heavy (non-hydrogen) atoms. The molecule has 1 aliphatic carbocycles. The predicted molar refractivity (Wildman–Crippen MR) is 155 cm³/mol. The first-order chi connectivity index (χ1) is 20.8. The Kier molecular flexibility index (Phi) is 8.03. The number of nitrogens with one attached hydrogen (secondary N) is 1. The zero-order chi connectivity index (χ0) is 30.1. The Morgan fingerprint density at radius 3 is 2.86 bits per heavy atom. The van der Waals surface area contributed by atoms with Gasteiger partial charge in [-0.1, -0.05) is 6.58 Å². The molecule has 224 valence electrons. The standard InChI is InChI=1S/C31H34F2N8O2/c1-19(32)29(42)41-12-11-35-18-31(41,9-10-34)27-24-7-8-26(25-15-36-14-20-5-3-4-6-23(20)25)37-28(24)39-30(38-27)43-17-22-13-21(33)16-40(22)2/h7-8,14-15,21-22,35H,1,3-6,9,11-13,16-18H2,2H3/t21-,22+,31?/m1/s1. The largest absolute Gasteiger partial charge is 0.462 e. The third-order valence-electron chi connectivity index (χ3n) is 8.86. The fourth-order valence-corrected chi connectivity index (χ4v) is 6.64. The molecule has 6 rings (SSSR count). The maximum Gasteiger partial charge on any atom is 0.318 e. The van der Waals surface area contributed by atoms with E-state index < -0.39 is 23.4 Å². The number of piperazine rings is 1. The number of nitrogens with zero attached hydrogens (tertiary/aromatic N) is 7. The minimum atomic E-state index is -1.34. The topological polar surface area (TPSA) is 120 Å². The molecule has 10 nitrogen and oxygen atoms in total. The van der Waals surface area contributed by atoms with Crippen LogP contribution in [0.2, 0.25) is 0 Å². The van der Waals surface area contributed by atoms with Crippen molar-refractivity contribution in [2.75, 3.05) is 39.8 Å². The highest BCUT2D eigenvalue weighted by molar-refractivity contribution is 5.92. The summed E-state index contributed by atoms with van der Waals surface area (Å²) in [5.41, 5.74) is 3.34. The summed E-state index contributed by atoms with van der Waals surface area (Å²) in [4.78, 5) is 35.1. The van der Waals surface area contributed by atoms with Crippen LogP contribution in [0.1, 0.15) is 42.5 Å². The molecule has 1 N–H and O–H groups in total. The number of likely N-dealkylation sites (N-methyl/N-ethyl adjacent to an activating group) is 1. The molecule has 3 aromatic heterocycles. The number of rotatable bonds is 7. The Morgan fingerprint density at radius 1 is 1.26 bits per heavy atom. The van der Waals surface area contributed by atoms with Crippen molar-refractivity contribution in [1.29, 1.82) is 5.26 Å². The third kappa shape index (κ3) is 5.43. The molecule has 3 atom stereocenters. The number of pyridine rings is 2. The number of hydrogen-bond acceptors (Lipinski definition) is 9. The van der Waals surface area contributed by atoms with E-state index in [9.17, 15) is 18.8 Å². The number of aryl methyl sites for hydroxylation is 1. The van der Waals surface area contributed by atoms with Crippen LogP contribution in [0, 0.1) is 11.3 Å². The summed E-state index contributed by atoms with van der Waals surface area (Å²) in [7, 11) is 1.84. The molecule has 2 fully saturated rings. The van der Waals surface area contributed by atoms with E-state index in [2.05, 4.69) is 27.9 Å². The molecule has 0 bridgehead atoms. The van der Waals surface area contributed by atoms with Crippen LogP contribution in [0.15, 0.2) is 36.9 Å². The van der Waals surface area contributed by atoms with Crippen LogP contribution >= 0.6 is 0 Å². The highest BCUT2D eigenvalue weighted by atomic mass is 19.1. The first-order valence-electron chi connectivity index (χ1n) is 14.7. The molecule has 0 saturated carbocycles. The van der Waals surface area contributed by atoms with Gasteiger partial charge in [0.05, 0.1) is 23.9 Å². The van der Waals surface area contributed by atoms with Crippen molar-refractivity contribution in [3.05, 3.63) is 53.8 Å². The molecular weight excluding hydrogens is 554 g/mol. The fourth-order valence-electron chi connectivity index (χ4n) is 6.64. The van der Waals surface area contributed by atoms with Crippen molar-refractivity contribution in [1.82, 2.24) is 35.1 Å². The molecule has 3 aromatic rings. The third-order valence-corrected chi connectivity index (χ3v) is 8.86. The van der Waals surface area contributed by atoms with E-state index >= 15 is 0 Å². The number of halogens is 2. The van der Waals surface area contributed by atoms with Gasteiger partial charge in [-0.2, -0.15) is 15.2 Å². The first-order valence-corrected chi connectivity index (χ1v) is 14.7. The summed E-state index contributed by atoms with van der Waals surface area (Å²) in [5.74, 6) is -2.02. The van der Waals surface area contributed by atoms with Gasteiger partial charge in [0, 0.05) is 55.6 Å². The Bertz CT molecular complexity index is 1610. The summed E-state index contributed by atoms with van der Waals surface area (Å²) in [6, 6.07) is 5.70. The summed E-state index contributed by atoms with van der Waals surface area (Å²) >= 11 is 0. The summed E-state index contributed by atoms with van der Waals surface area (Å²) in [6.07, 6.45) is 7.06. The van der Waals surface area contributed by atoms with Crippen LogP contribution in [0.5, 0.6) is 6.01 Å². The normalized spacial score (nSPS) is 24.0. The highest BCUT2D eigenvalue weighted by Gasteiger charge is 2.47. The van der Waals surface area contributed by atoms with E-state index in [1.165, 1.54) is 16.0 Å². The highest BCUT2D eigenvalue weighted by Crippen LogP contribution is 2.39. The van der Waals surface area contributed by atoms with Crippen LogP contribution in [0.25, 0.3) is 22.3 Å². The van der Waals surface area contributed by atoms with Gasteiger partial charge in [-0.3, -0.25) is 14.7 Å². The zero-order valence-corrected chi connectivity index (χ0v) is 24.2. The van der Waals surface area contributed by atoms with E-state index in [0.29, 0.717) is 41.9 Å². The van der Waals surface area contributed by atoms with Gasteiger partial charge in [-0.25, -0.2) is 13.8 Å². The number of hydrogen-bond donors (Lipinski definition) is 1. The van der Waals surface area contributed by atoms with E-state index in [1.807, 2.05) is 36.5 Å². The van der Waals surface area contributed by atoms with E-state index in [-0.39, 0.29) is 38.2 Å². The van der Waals surface area contributed by atoms with Crippen molar-refractivity contribution in [2.45, 2.75) is 56.3 Å². The average Bonchev–Trinajstić information content (AvgIpc) is 3.35. The maximum absolute atomic E-state index is 14.3. The zero-order valence-electron chi connectivity index (χ0n) is 24.2. The molecule has 0 spiro atoms. The minimum absolute atomic E-state index is 0.00886. The Morgan fingerprint density at radius 2 is 2.09 bits per heavy atom. The lowest BCUT2D eigenvalue weighted by Crippen LogP contribution is -2.61. The second kappa shape index (κ2) is 11.9. The number of amides is 1. The number of carbonyl (C=O) groups excluding carboxylic acids is 1. The molecule has 2 saturated heterocycles. The number of carbonyl (C=O) groups is 1. The summed E-state index contributed by atoms with van der Waals surface area (Å²) in [6.45, 7) is 4.39. The summed E-state index contributed by atoms with van der Waals surface area (Å²) < 4.78 is 34.4. The van der Waals surface area contributed by atoms with E-state index in [4.69, 9.17) is 14.7 Å². The quantitative estimate of drug-likeness (QED) is 0.414. The van der Waals surface area contributed by atoms with Crippen LogP contribution in [0.3, 0.4) is 0 Å². The van der Waals surface area contributed by atoms with Gasteiger partial charge in [0.2, 0.25) is 0 Å². The Balaban J connectivity index is 1.50. The lowest BCUT2D eigenvalue weighted by molar-refractivity contribution is -0.137. The van der Waals surface area contributed by atoms with Gasteiger partial charge >= 0.3 is 6.01 Å². The lowest BCUT2D eigenvalue weighted by Gasteiger charge is -2.45. The van der Waals surface area contributed by atoms with Gasteiger partial charge in [-0.15, -0.1) is 0 Å². The predicted octanol–water partition coefficient (Wildman–Crippen LogP) is 3.41. The van der Waals surface area contributed by atoms with Crippen LogP contribution in [-0.4, -0.2) is 87.7 Å². The Labute approximate surface area is 248 Å². The van der Waals surface area contributed by atoms with Crippen LogP contribution < -0.4 is 10.1 Å². The number of fused-ring (bicyclic) bond motifs is 2. The van der Waals surface area contributed by atoms with Crippen LogP contribution in [-0.2, 0) is 23.2 Å². The van der Waals surface area contributed by atoms with Crippen molar-refractivity contribution in [3.8, 4) is 23.3 Å². The van der Waals surface area contributed by atoms with Crippen molar-refractivity contribution >= 4 is 16.9 Å². The fraction of sp³-hybridized carbons (Fsp3) is 0.484. The van der Waals surface area contributed by atoms with Gasteiger partial charge in [0.1, 0.15) is 18.3 Å². The van der Waals surface area contributed by atoms with Gasteiger partial charge in [-0.05, 0) is 62.4 Å². The second-order valence-electron chi connectivity index (χ2n) is 11.6. The summed E-state index contributed by atoms with van der Waals surface area (Å²) in [5, 5.41) is 13.7. The first kappa shape index (κ1) is 29.0. The Hall–Kier alpha value is -4.08. The second-order valence-corrected chi connectivity index (χ2v) is 11.6. The molecular formula is C31H34F2N8O2. The van der Waals surface area contributed by atoms with E-state index in [1.54, 1.807) is 0 Å². The number of alkyl halides is 1. The minimum Gasteiger partial charge on any atom is -0.462 e. The number of ether oxygens (including phenoxy) is 1. The maximum atomic E-state index is 14.3. The van der Waals surface area contributed by atoms with E-state index in [0.717, 1.165) is 31.2 Å². The monoisotopic (exact) mass is 588 g/mol. The molecule has 12 heteroatoms. The molecule has 5 heterocycles.